The lowest BCUT2D eigenvalue weighted by Crippen LogP contribution is -2.14. The molecule has 0 aromatic carbocycles. The zero-order valence-corrected chi connectivity index (χ0v) is 13.0. The highest BCUT2D eigenvalue weighted by Gasteiger charge is 2.15. The molecule has 0 atom stereocenters. The first-order valence-corrected chi connectivity index (χ1v) is 6.95. The maximum Gasteiger partial charge on any atom is 0.491 e. The molecule has 0 aliphatic rings. The highest BCUT2D eigenvalue weighted by Crippen LogP contribution is 2.08. The number of carbonyl (C=O) groups excluding carboxylic acids is 1. The van der Waals surface area contributed by atoms with E-state index in [1.54, 1.807) is 12.4 Å². The summed E-state index contributed by atoms with van der Waals surface area (Å²) in [6.45, 7) is 0.356. The predicted molar refractivity (Wildman–Crippen MR) is 81.5 cm³/mol. The molecule has 0 radical (unpaired) electrons. The third-order valence-corrected chi connectivity index (χ3v) is 3.00. The number of ether oxygens (including phenoxy) is 1. The molecule has 1 N–H and O–H groups in total. The van der Waals surface area contributed by atoms with Crippen LogP contribution in [0, 0.1) is 10.1 Å². The van der Waals surface area contributed by atoms with Gasteiger partial charge in [0.2, 0.25) is 6.33 Å². The van der Waals surface area contributed by atoms with E-state index in [-0.39, 0.29) is 19.1 Å². The van der Waals surface area contributed by atoms with Crippen LogP contribution >= 0.6 is 0 Å². The van der Waals surface area contributed by atoms with Gasteiger partial charge in [-0.05, 0) is 11.0 Å². The van der Waals surface area contributed by atoms with Gasteiger partial charge in [0.15, 0.2) is 12.4 Å². The Morgan fingerprint density at radius 1 is 1.36 bits per heavy atom. The molecular weight excluding hydrogens is 334 g/mol. The van der Waals surface area contributed by atoms with Crippen molar-refractivity contribution in [3.8, 4) is 0 Å². The lowest BCUT2D eigenvalue weighted by atomic mass is 10.4. The van der Waals surface area contributed by atoms with E-state index in [2.05, 4.69) is 25.6 Å². The number of aromatic nitrogens is 7. The lowest BCUT2D eigenvalue weighted by molar-refractivity contribution is -0.394. The second-order valence-electron chi connectivity index (χ2n) is 4.86. The number of nitrogens with zero attached hydrogens (tertiary/aromatic N) is 8. The van der Waals surface area contributed by atoms with Crippen molar-refractivity contribution in [2.75, 3.05) is 12.4 Å². The zero-order valence-electron chi connectivity index (χ0n) is 13.0. The summed E-state index contributed by atoms with van der Waals surface area (Å²) in [5, 5.41) is 25.0. The van der Waals surface area contributed by atoms with Crippen LogP contribution in [0.4, 0.5) is 11.6 Å². The fourth-order valence-corrected chi connectivity index (χ4v) is 1.97. The molecule has 3 heterocycles. The van der Waals surface area contributed by atoms with Crippen molar-refractivity contribution in [2.45, 2.75) is 13.4 Å². The van der Waals surface area contributed by atoms with Crippen LogP contribution in [0.1, 0.15) is 10.5 Å². The van der Waals surface area contributed by atoms with E-state index in [0.29, 0.717) is 5.69 Å². The standard InChI is InChI=1S/C12H13N9O4/c1-25-8-19-5-9(4-14-19)15-11(22)10-2-3-18(16-10)7-20-6-13-12(17-20)21(23)24/h2-6H,7-8H2,1H3,(H,15,22). The maximum absolute atomic E-state index is 12.2. The van der Waals surface area contributed by atoms with E-state index >= 15 is 0 Å². The van der Waals surface area contributed by atoms with Gasteiger partial charge < -0.3 is 20.2 Å². The number of nitro groups is 1. The smallest absolute Gasteiger partial charge is 0.390 e. The summed E-state index contributed by atoms with van der Waals surface area (Å²) < 4.78 is 9.09. The van der Waals surface area contributed by atoms with Crippen LogP contribution in [0.15, 0.2) is 31.0 Å². The van der Waals surface area contributed by atoms with Gasteiger partial charge in [-0.3, -0.25) is 4.79 Å². The predicted octanol–water partition coefficient (Wildman–Crippen LogP) is -0.0587. The Labute approximate surface area is 140 Å². The van der Waals surface area contributed by atoms with Crippen molar-refractivity contribution in [1.29, 1.82) is 0 Å². The Balaban J connectivity index is 1.63. The van der Waals surface area contributed by atoms with Gasteiger partial charge in [-0.1, -0.05) is 4.98 Å². The summed E-state index contributed by atoms with van der Waals surface area (Å²) in [6, 6.07) is 1.51. The van der Waals surface area contributed by atoms with E-state index in [1.807, 2.05) is 0 Å². The molecule has 0 spiro atoms. The first-order valence-electron chi connectivity index (χ1n) is 6.95. The van der Waals surface area contributed by atoms with Crippen LogP contribution in [0.3, 0.4) is 0 Å². The van der Waals surface area contributed by atoms with Gasteiger partial charge in [-0.2, -0.15) is 14.9 Å². The van der Waals surface area contributed by atoms with Gasteiger partial charge in [0.05, 0.1) is 18.1 Å². The number of hydrogen-bond acceptors (Lipinski definition) is 8. The number of anilines is 1. The molecule has 3 aromatic rings. The molecule has 3 aromatic heterocycles. The molecule has 1 amide bonds. The fraction of sp³-hybridized carbons (Fsp3) is 0.250. The topological polar surface area (TPSA) is 148 Å². The van der Waals surface area contributed by atoms with Crippen LogP contribution in [0.2, 0.25) is 0 Å². The number of nitrogens with one attached hydrogen (secondary N) is 1. The zero-order chi connectivity index (χ0) is 17.8. The van der Waals surface area contributed by atoms with Crippen molar-refractivity contribution in [3.63, 3.8) is 0 Å². The minimum absolute atomic E-state index is 0.0832. The minimum atomic E-state index is -0.692. The monoisotopic (exact) mass is 347 g/mol. The average molecular weight is 347 g/mol. The highest BCUT2D eigenvalue weighted by atomic mass is 16.6. The number of methoxy groups -OCH3 is 1. The van der Waals surface area contributed by atoms with E-state index in [0.717, 1.165) is 0 Å². The van der Waals surface area contributed by atoms with Crippen molar-refractivity contribution in [2.24, 2.45) is 0 Å². The second-order valence-corrected chi connectivity index (χ2v) is 4.86. The molecular formula is C12H13N9O4. The van der Waals surface area contributed by atoms with Crippen molar-refractivity contribution < 1.29 is 14.5 Å². The van der Waals surface area contributed by atoms with Gasteiger partial charge in [-0.15, -0.1) is 0 Å². The Bertz CT molecular complexity index is 896. The molecule has 25 heavy (non-hydrogen) atoms. The molecule has 0 fully saturated rings. The fourth-order valence-electron chi connectivity index (χ4n) is 1.97. The molecule has 130 valence electrons. The summed E-state index contributed by atoms with van der Waals surface area (Å²) in [7, 11) is 1.54. The third-order valence-electron chi connectivity index (χ3n) is 3.00. The third kappa shape index (κ3) is 3.84. The minimum Gasteiger partial charge on any atom is -0.390 e. The molecule has 13 nitrogen and oxygen atoms in total. The van der Waals surface area contributed by atoms with Crippen molar-refractivity contribution in [3.05, 3.63) is 46.8 Å². The normalized spacial score (nSPS) is 10.8. The number of hydrogen-bond donors (Lipinski definition) is 1. The average Bonchev–Trinajstić information content (AvgIpc) is 3.29. The molecule has 0 saturated heterocycles. The molecule has 0 saturated carbocycles. The van der Waals surface area contributed by atoms with Gasteiger partial charge in [0.1, 0.15) is 6.73 Å². The van der Waals surface area contributed by atoms with Crippen LogP contribution in [0.5, 0.6) is 0 Å². The maximum atomic E-state index is 12.2. The highest BCUT2D eigenvalue weighted by molar-refractivity contribution is 6.02. The van der Waals surface area contributed by atoms with E-state index in [9.17, 15) is 14.9 Å². The van der Waals surface area contributed by atoms with Crippen molar-refractivity contribution >= 4 is 17.5 Å². The summed E-state index contributed by atoms with van der Waals surface area (Å²) >= 11 is 0. The molecule has 3 rings (SSSR count). The number of carbonyl (C=O) groups is 1. The Morgan fingerprint density at radius 3 is 2.92 bits per heavy atom. The Hall–Kier alpha value is -3.61. The molecule has 0 unspecified atom stereocenters. The molecule has 0 aliphatic heterocycles. The van der Waals surface area contributed by atoms with Crippen LogP contribution in [-0.2, 0) is 18.1 Å². The van der Waals surface area contributed by atoms with Gasteiger partial charge in [0, 0.05) is 18.4 Å². The number of rotatable bonds is 7. The summed E-state index contributed by atoms with van der Waals surface area (Å²) in [6.07, 6.45) is 5.87. The lowest BCUT2D eigenvalue weighted by Gasteiger charge is -2.00. The molecule has 0 bridgehead atoms. The van der Waals surface area contributed by atoms with Crippen molar-refractivity contribution in [1.82, 2.24) is 34.3 Å². The summed E-state index contributed by atoms with van der Waals surface area (Å²) in [4.78, 5) is 25.6. The van der Waals surface area contributed by atoms with Crippen LogP contribution in [-0.4, -0.2) is 52.3 Å². The van der Waals surface area contributed by atoms with Crippen LogP contribution < -0.4 is 5.32 Å². The largest absolute Gasteiger partial charge is 0.491 e. The Kier molecular flexibility index (Phi) is 4.47. The second kappa shape index (κ2) is 6.88. The Morgan fingerprint density at radius 2 is 2.20 bits per heavy atom. The quantitative estimate of drug-likeness (QED) is 0.461. The first kappa shape index (κ1) is 16.3. The van der Waals surface area contributed by atoms with E-state index in [1.165, 1.54) is 39.7 Å². The first-order chi connectivity index (χ1) is 12.0. The van der Waals surface area contributed by atoms with Gasteiger partial charge in [0.25, 0.3) is 5.91 Å². The molecule has 13 heteroatoms. The van der Waals surface area contributed by atoms with Gasteiger partial charge in [-0.25, -0.2) is 9.36 Å². The van der Waals surface area contributed by atoms with Crippen LogP contribution in [0.25, 0.3) is 0 Å². The van der Waals surface area contributed by atoms with Gasteiger partial charge >= 0.3 is 5.95 Å². The SMILES string of the molecule is COCn1cc(NC(=O)c2ccn(Cn3cnc([N+](=O)[O-])n3)n2)cn1. The van der Waals surface area contributed by atoms with E-state index < -0.39 is 16.8 Å². The summed E-state index contributed by atoms with van der Waals surface area (Å²) in [5.74, 6) is -0.918. The molecule has 0 aliphatic carbocycles. The summed E-state index contributed by atoms with van der Waals surface area (Å²) in [5.41, 5.74) is 0.678. The number of amides is 1. The van der Waals surface area contributed by atoms with E-state index in [4.69, 9.17) is 4.74 Å².